The fourth-order valence-electron chi connectivity index (χ4n) is 6.94. The van der Waals surface area contributed by atoms with Crippen LogP contribution in [0.4, 0.5) is 0 Å². The van der Waals surface area contributed by atoms with Crippen LogP contribution in [0.1, 0.15) is 25.0 Å². The summed E-state index contributed by atoms with van der Waals surface area (Å²) in [6.45, 7) is 8.36. The van der Waals surface area contributed by atoms with Crippen molar-refractivity contribution in [1.29, 1.82) is 0 Å². The van der Waals surface area contributed by atoms with Crippen LogP contribution in [0.15, 0.2) is 144 Å². The first-order valence-electron chi connectivity index (χ1n) is 15.0. The molecule has 2 heterocycles. The molecule has 0 spiro atoms. The van der Waals surface area contributed by atoms with Gasteiger partial charge in [0.2, 0.25) is 0 Å². The van der Waals surface area contributed by atoms with E-state index in [1.54, 1.807) is 0 Å². The summed E-state index contributed by atoms with van der Waals surface area (Å²) >= 11 is 0. The van der Waals surface area contributed by atoms with Gasteiger partial charge in [0, 0.05) is 5.92 Å². The quantitative estimate of drug-likeness (QED) is 0.330. The first-order chi connectivity index (χ1) is 20.6. The number of nitrogens with zero attached hydrogens (tertiary/aromatic N) is 2. The Morgan fingerprint density at radius 2 is 1.76 bits per heavy atom. The van der Waals surface area contributed by atoms with Crippen LogP contribution in [0.25, 0.3) is 28.5 Å². The fraction of sp³-hybridized carbons (Fsp3) is 0.175. The second-order valence-electron chi connectivity index (χ2n) is 11.5. The third-order valence-corrected chi connectivity index (χ3v) is 9.00. The van der Waals surface area contributed by atoms with E-state index in [9.17, 15) is 0 Å². The van der Waals surface area contributed by atoms with Crippen LogP contribution in [0, 0.1) is 5.92 Å². The van der Waals surface area contributed by atoms with Crippen LogP contribution >= 0.6 is 0 Å². The lowest BCUT2D eigenvalue weighted by Gasteiger charge is -2.44. The van der Waals surface area contributed by atoms with Crippen molar-refractivity contribution < 1.29 is 0 Å². The van der Waals surface area contributed by atoms with E-state index < -0.39 is 0 Å². The van der Waals surface area contributed by atoms with Crippen molar-refractivity contribution in [2.45, 2.75) is 38.4 Å². The van der Waals surface area contributed by atoms with Gasteiger partial charge in [-0.05, 0) is 75.4 Å². The number of benzene rings is 3. The second kappa shape index (κ2) is 10.9. The summed E-state index contributed by atoms with van der Waals surface area (Å²) in [7, 11) is 0. The van der Waals surface area contributed by atoms with E-state index >= 15 is 0 Å². The number of amidine groups is 1. The molecule has 0 radical (unpaired) electrons. The zero-order chi connectivity index (χ0) is 28.6. The van der Waals surface area contributed by atoms with Gasteiger partial charge in [0.1, 0.15) is 5.84 Å². The summed E-state index contributed by atoms with van der Waals surface area (Å²) < 4.78 is 0. The minimum atomic E-state index is 0.194. The van der Waals surface area contributed by atoms with Crippen LogP contribution in [0.3, 0.4) is 0 Å². The van der Waals surface area contributed by atoms with E-state index in [-0.39, 0.29) is 24.0 Å². The smallest absolute Gasteiger partial charge is 0.128 e. The lowest BCUT2D eigenvalue weighted by atomic mass is 9.77. The Kier molecular flexibility index (Phi) is 6.83. The molecule has 4 atom stereocenters. The molecule has 0 aromatic heterocycles. The standard InChI is InChI=1S/C40H36N2/c1-4-10-31-25-33(21-20-30(31)19-17-28-16-18-29-12-6-7-13-32(29)24-28)34-22-23-38-36(26-34)35(11-5-2)27(3)40-41-37-14-8-9-15-39(37)42(38)40/h4-16,18-26,36-39H,1,17H2,2-3H3/b11-5-,30-19-,31-10-. The molecule has 0 fully saturated rings. The number of rotatable bonds is 5. The summed E-state index contributed by atoms with van der Waals surface area (Å²) in [4.78, 5) is 7.70. The minimum absolute atomic E-state index is 0.194. The van der Waals surface area contributed by atoms with E-state index in [1.807, 2.05) is 6.08 Å². The molecule has 2 heteroatoms. The Morgan fingerprint density at radius 1 is 0.905 bits per heavy atom. The maximum absolute atomic E-state index is 5.15. The van der Waals surface area contributed by atoms with Gasteiger partial charge in [-0.3, -0.25) is 4.99 Å². The molecule has 0 N–H and O–H groups in total. The highest BCUT2D eigenvalue weighted by Crippen LogP contribution is 2.42. The van der Waals surface area contributed by atoms with Crippen molar-refractivity contribution in [1.82, 2.24) is 4.90 Å². The highest BCUT2D eigenvalue weighted by Gasteiger charge is 2.45. The summed E-state index contributed by atoms with van der Waals surface area (Å²) in [5.74, 6) is 1.41. The molecule has 2 aliphatic heterocycles. The SMILES string of the molecule is C=C/C=c1/cc(C2=CC3C(/C=C\C)=C(C)C4=NC5C=CC=CC5N4C3C=C2)cc/c1=C/Cc1ccc2ccccc2c1. The van der Waals surface area contributed by atoms with Gasteiger partial charge in [-0.2, -0.15) is 0 Å². The Morgan fingerprint density at radius 3 is 2.62 bits per heavy atom. The van der Waals surface area contributed by atoms with Crippen molar-refractivity contribution >= 4 is 34.3 Å². The first kappa shape index (κ1) is 26.2. The molecule has 0 saturated heterocycles. The molecule has 0 bridgehead atoms. The molecule has 0 saturated carbocycles. The third-order valence-electron chi connectivity index (χ3n) is 9.00. The van der Waals surface area contributed by atoms with Gasteiger partial charge in [-0.25, -0.2) is 0 Å². The summed E-state index contributed by atoms with van der Waals surface area (Å²) in [5.41, 5.74) is 6.47. The lowest BCUT2D eigenvalue weighted by molar-refractivity contribution is 0.279. The normalized spacial score (nSPS) is 25.1. The van der Waals surface area contributed by atoms with Crippen LogP contribution < -0.4 is 10.4 Å². The first-order valence-corrected chi connectivity index (χ1v) is 15.0. The minimum Gasteiger partial charge on any atom is -0.340 e. The van der Waals surface area contributed by atoms with E-state index in [0.29, 0.717) is 0 Å². The topological polar surface area (TPSA) is 15.6 Å². The van der Waals surface area contributed by atoms with Gasteiger partial charge < -0.3 is 4.90 Å². The van der Waals surface area contributed by atoms with Crippen LogP contribution in [0.2, 0.25) is 0 Å². The Bertz CT molecular complexity index is 1920. The van der Waals surface area contributed by atoms with E-state index in [1.165, 1.54) is 49.1 Å². The molecule has 4 aliphatic rings. The molecule has 3 aromatic rings. The van der Waals surface area contributed by atoms with E-state index in [4.69, 9.17) is 4.99 Å². The van der Waals surface area contributed by atoms with E-state index in [0.717, 1.165) is 12.3 Å². The van der Waals surface area contributed by atoms with Crippen molar-refractivity contribution in [3.8, 4) is 0 Å². The van der Waals surface area contributed by atoms with Crippen molar-refractivity contribution in [3.05, 3.63) is 161 Å². The number of fused-ring (bicyclic) bond motifs is 6. The van der Waals surface area contributed by atoms with Gasteiger partial charge in [-0.15, -0.1) is 0 Å². The lowest BCUT2D eigenvalue weighted by Crippen LogP contribution is -2.51. The molecule has 2 nitrogen and oxygen atoms in total. The Balaban J connectivity index is 1.23. The number of aliphatic imine (C=N–C) groups is 1. The van der Waals surface area contributed by atoms with Gasteiger partial charge in [0.25, 0.3) is 0 Å². The van der Waals surface area contributed by atoms with Crippen molar-refractivity contribution in [2.75, 3.05) is 0 Å². The van der Waals surface area contributed by atoms with Crippen molar-refractivity contribution in [2.24, 2.45) is 10.9 Å². The van der Waals surface area contributed by atoms with Crippen LogP contribution in [0.5, 0.6) is 0 Å². The monoisotopic (exact) mass is 544 g/mol. The number of allylic oxidation sites excluding steroid dienone is 7. The molecule has 206 valence electrons. The summed E-state index contributed by atoms with van der Waals surface area (Å²) in [6.07, 6.45) is 27.7. The predicted octanol–water partition coefficient (Wildman–Crippen LogP) is 7.25. The molecular formula is C40H36N2. The van der Waals surface area contributed by atoms with E-state index in [2.05, 4.69) is 153 Å². The second-order valence-corrected chi connectivity index (χ2v) is 11.5. The maximum atomic E-state index is 5.15. The summed E-state index contributed by atoms with van der Waals surface area (Å²) in [6, 6.07) is 22.9. The van der Waals surface area contributed by atoms with Gasteiger partial charge in [-0.1, -0.05) is 134 Å². The van der Waals surface area contributed by atoms with Crippen molar-refractivity contribution in [3.63, 3.8) is 0 Å². The number of hydrogen-bond donors (Lipinski definition) is 0. The fourth-order valence-corrected chi connectivity index (χ4v) is 6.94. The molecule has 4 unspecified atom stereocenters. The van der Waals surface area contributed by atoms with Gasteiger partial charge in [0.15, 0.2) is 0 Å². The number of hydrogen-bond acceptors (Lipinski definition) is 2. The Labute approximate surface area is 248 Å². The molecule has 7 rings (SSSR count). The molecule has 42 heavy (non-hydrogen) atoms. The van der Waals surface area contributed by atoms with Crippen LogP contribution in [-0.2, 0) is 6.42 Å². The highest BCUT2D eigenvalue weighted by molar-refractivity contribution is 6.03. The summed E-state index contributed by atoms with van der Waals surface area (Å²) in [5, 5.41) is 4.99. The molecule has 3 aromatic carbocycles. The zero-order valence-electron chi connectivity index (χ0n) is 24.3. The highest BCUT2D eigenvalue weighted by atomic mass is 15.3. The largest absolute Gasteiger partial charge is 0.340 e. The Hall–Kier alpha value is -4.69. The average Bonchev–Trinajstić information content (AvgIpc) is 3.42. The average molecular weight is 545 g/mol. The van der Waals surface area contributed by atoms with Gasteiger partial charge >= 0.3 is 0 Å². The molecular weight excluding hydrogens is 508 g/mol. The maximum Gasteiger partial charge on any atom is 0.128 e. The third kappa shape index (κ3) is 4.58. The van der Waals surface area contributed by atoms with Crippen LogP contribution in [-0.4, -0.2) is 28.9 Å². The predicted molar refractivity (Wildman–Crippen MR) is 180 cm³/mol. The molecule has 2 aliphatic carbocycles. The van der Waals surface area contributed by atoms with Gasteiger partial charge in [0.05, 0.1) is 18.1 Å². The zero-order valence-corrected chi connectivity index (χ0v) is 24.3. The molecule has 0 amide bonds.